The van der Waals surface area contributed by atoms with E-state index in [4.69, 9.17) is 16.3 Å². The second kappa shape index (κ2) is 8.19. The van der Waals surface area contributed by atoms with Crippen molar-refractivity contribution in [2.24, 2.45) is 0 Å². The summed E-state index contributed by atoms with van der Waals surface area (Å²) in [6.45, 7) is 4.13. The van der Waals surface area contributed by atoms with Crippen LogP contribution in [0, 0.1) is 6.92 Å². The van der Waals surface area contributed by atoms with Gasteiger partial charge in [-0.1, -0.05) is 29.4 Å². The predicted octanol–water partition coefficient (Wildman–Crippen LogP) is 3.66. The standard InChI is InChI=1S/C15H18ClN3O2S/c1-3-21-14(20)8-5-9-22-15-18-17-11(2)19(15)13-7-4-6-12(16)10-13/h4,6-7,10H,3,5,8-9H2,1-2H3. The van der Waals surface area contributed by atoms with Crippen molar-refractivity contribution in [3.63, 3.8) is 0 Å². The van der Waals surface area contributed by atoms with Gasteiger partial charge >= 0.3 is 5.97 Å². The van der Waals surface area contributed by atoms with E-state index in [2.05, 4.69) is 10.2 Å². The molecule has 0 amide bonds. The van der Waals surface area contributed by atoms with Crippen molar-refractivity contribution in [1.29, 1.82) is 0 Å². The Kier molecular flexibility index (Phi) is 6.27. The third-order valence-electron chi connectivity index (χ3n) is 2.92. The molecule has 2 aromatic rings. The maximum Gasteiger partial charge on any atom is 0.305 e. The summed E-state index contributed by atoms with van der Waals surface area (Å²) in [5.74, 6) is 1.42. The van der Waals surface area contributed by atoms with Crippen LogP contribution in [-0.2, 0) is 9.53 Å². The first-order chi connectivity index (χ1) is 10.6. The molecule has 0 bridgehead atoms. The lowest BCUT2D eigenvalue weighted by molar-refractivity contribution is -0.143. The summed E-state index contributed by atoms with van der Waals surface area (Å²) >= 11 is 7.61. The van der Waals surface area contributed by atoms with Crippen molar-refractivity contribution in [2.45, 2.75) is 31.8 Å². The van der Waals surface area contributed by atoms with E-state index in [1.165, 1.54) is 0 Å². The van der Waals surface area contributed by atoms with Gasteiger partial charge in [0.25, 0.3) is 0 Å². The van der Waals surface area contributed by atoms with Gasteiger partial charge in [0.1, 0.15) is 5.82 Å². The lowest BCUT2D eigenvalue weighted by atomic mass is 10.3. The number of nitrogens with zero attached hydrogens (tertiary/aromatic N) is 3. The molecule has 7 heteroatoms. The van der Waals surface area contributed by atoms with Crippen molar-refractivity contribution in [1.82, 2.24) is 14.8 Å². The number of halogens is 1. The number of aromatic nitrogens is 3. The summed E-state index contributed by atoms with van der Waals surface area (Å²) in [5, 5.41) is 9.78. The minimum absolute atomic E-state index is 0.157. The van der Waals surface area contributed by atoms with Crippen LogP contribution in [0.2, 0.25) is 5.02 Å². The molecule has 0 radical (unpaired) electrons. The molecule has 2 rings (SSSR count). The first-order valence-electron chi connectivity index (χ1n) is 7.08. The average molecular weight is 340 g/mol. The molecule has 0 unspecified atom stereocenters. The van der Waals surface area contributed by atoms with Gasteiger partial charge in [0, 0.05) is 17.2 Å². The first kappa shape index (κ1) is 16.8. The lowest BCUT2D eigenvalue weighted by Crippen LogP contribution is -2.04. The van der Waals surface area contributed by atoms with Crippen LogP contribution in [0.5, 0.6) is 0 Å². The molecule has 0 spiro atoms. The van der Waals surface area contributed by atoms with Gasteiger partial charge < -0.3 is 4.74 Å². The van der Waals surface area contributed by atoms with Gasteiger partial charge in [-0.25, -0.2) is 0 Å². The van der Waals surface area contributed by atoms with Crippen molar-refractivity contribution in [3.8, 4) is 5.69 Å². The highest BCUT2D eigenvalue weighted by molar-refractivity contribution is 7.99. The normalized spacial score (nSPS) is 10.7. The third-order valence-corrected chi connectivity index (χ3v) is 4.17. The Balaban J connectivity index is 2.00. The van der Waals surface area contributed by atoms with Gasteiger partial charge in [-0.15, -0.1) is 10.2 Å². The van der Waals surface area contributed by atoms with Gasteiger partial charge in [0.15, 0.2) is 5.16 Å². The second-order valence-corrected chi connectivity index (χ2v) is 6.10. The molecule has 22 heavy (non-hydrogen) atoms. The van der Waals surface area contributed by atoms with Crippen LogP contribution in [0.1, 0.15) is 25.6 Å². The molecule has 5 nitrogen and oxygen atoms in total. The lowest BCUT2D eigenvalue weighted by Gasteiger charge is -2.08. The largest absolute Gasteiger partial charge is 0.466 e. The van der Waals surface area contributed by atoms with Crippen LogP contribution in [0.4, 0.5) is 0 Å². The van der Waals surface area contributed by atoms with Crippen LogP contribution in [0.25, 0.3) is 5.69 Å². The highest BCUT2D eigenvalue weighted by Gasteiger charge is 2.12. The smallest absolute Gasteiger partial charge is 0.305 e. The Morgan fingerprint density at radius 1 is 1.41 bits per heavy atom. The monoisotopic (exact) mass is 339 g/mol. The highest BCUT2D eigenvalue weighted by atomic mass is 35.5. The van der Waals surface area contributed by atoms with E-state index in [9.17, 15) is 4.79 Å². The molecule has 0 aliphatic carbocycles. The minimum Gasteiger partial charge on any atom is -0.466 e. The van der Waals surface area contributed by atoms with Crippen molar-refractivity contribution >= 4 is 29.3 Å². The van der Waals surface area contributed by atoms with E-state index in [-0.39, 0.29) is 5.97 Å². The van der Waals surface area contributed by atoms with E-state index in [1.807, 2.05) is 42.7 Å². The molecule has 1 aromatic heterocycles. The van der Waals surface area contributed by atoms with Gasteiger partial charge in [-0.05, 0) is 38.5 Å². The van der Waals surface area contributed by atoms with Crippen molar-refractivity contribution in [2.75, 3.05) is 12.4 Å². The molecular weight excluding hydrogens is 322 g/mol. The number of ether oxygens (including phenoxy) is 1. The molecular formula is C15H18ClN3O2S. The molecule has 0 saturated heterocycles. The van der Waals surface area contributed by atoms with Crippen molar-refractivity contribution in [3.05, 3.63) is 35.1 Å². The Morgan fingerprint density at radius 3 is 2.95 bits per heavy atom. The number of esters is 1. The summed E-state index contributed by atoms with van der Waals surface area (Å²) in [5.41, 5.74) is 0.933. The van der Waals surface area contributed by atoms with Gasteiger partial charge in [0.05, 0.1) is 12.3 Å². The van der Waals surface area contributed by atoms with E-state index in [0.717, 1.165) is 28.8 Å². The average Bonchev–Trinajstić information content (AvgIpc) is 2.85. The van der Waals surface area contributed by atoms with Gasteiger partial charge in [-0.2, -0.15) is 0 Å². The number of thioether (sulfide) groups is 1. The van der Waals surface area contributed by atoms with E-state index in [0.29, 0.717) is 18.1 Å². The Labute approximate surface area is 139 Å². The van der Waals surface area contributed by atoms with Crippen LogP contribution in [0.15, 0.2) is 29.4 Å². The van der Waals surface area contributed by atoms with Crippen LogP contribution >= 0.6 is 23.4 Å². The summed E-state index contributed by atoms with van der Waals surface area (Å²) < 4.78 is 6.87. The molecule has 0 fully saturated rings. The molecule has 1 aromatic carbocycles. The number of benzene rings is 1. The topological polar surface area (TPSA) is 57.0 Å². The van der Waals surface area contributed by atoms with Gasteiger partial charge in [-0.3, -0.25) is 9.36 Å². The molecule has 0 atom stereocenters. The zero-order valence-electron chi connectivity index (χ0n) is 12.6. The third kappa shape index (κ3) is 4.48. The minimum atomic E-state index is -0.157. The zero-order valence-corrected chi connectivity index (χ0v) is 14.2. The quantitative estimate of drug-likeness (QED) is 0.437. The summed E-state index contributed by atoms with van der Waals surface area (Å²) in [6, 6.07) is 7.56. The maximum absolute atomic E-state index is 11.3. The van der Waals surface area contributed by atoms with Crippen molar-refractivity contribution < 1.29 is 9.53 Å². The fourth-order valence-electron chi connectivity index (χ4n) is 1.96. The number of carbonyl (C=O) groups excluding carboxylic acids is 1. The number of rotatable bonds is 7. The zero-order chi connectivity index (χ0) is 15.9. The predicted molar refractivity (Wildman–Crippen MR) is 87.7 cm³/mol. The summed E-state index contributed by atoms with van der Waals surface area (Å²) in [4.78, 5) is 11.3. The van der Waals surface area contributed by atoms with Crippen LogP contribution in [-0.4, -0.2) is 33.1 Å². The fourth-order valence-corrected chi connectivity index (χ4v) is 3.08. The Morgan fingerprint density at radius 2 is 2.23 bits per heavy atom. The molecule has 0 N–H and O–H groups in total. The highest BCUT2D eigenvalue weighted by Crippen LogP contribution is 2.24. The SMILES string of the molecule is CCOC(=O)CCCSc1nnc(C)n1-c1cccc(Cl)c1. The molecule has 0 aliphatic heterocycles. The van der Waals surface area contributed by atoms with E-state index < -0.39 is 0 Å². The number of hydrogen-bond donors (Lipinski definition) is 0. The Bertz CT molecular complexity index is 645. The Hall–Kier alpha value is -1.53. The number of carbonyl (C=O) groups is 1. The molecule has 1 heterocycles. The number of aryl methyl sites for hydroxylation is 1. The molecule has 118 valence electrons. The summed E-state index contributed by atoms with van der Waals surface area (Å²) in [7, 11) is 0. The second-order valence-electron chi connectivity index (χ2n) is 4.60. The summed E-state index contributed by atoms with van der Waals surface area (Å²) in [6.07, 6.45) is 1.16. The number of hydrogen-bond acceptors (Lipinski definition) is 5. The van der Waals surface area contributed by atoms with Crippen LogP contribution < -0.4 is 0 Å². The van der Waals surface area contributed by atoms with Crippen LogP contribution in [0.3, 0.4) is 0 Å². The first-order valence-corrected chi connectivity index (χ1v) is 8.44. The molecule has 0 saturated carbocycles. The maximum atomic E-state index is 11.3. The van der Waals surface area contributed by atoms with E-state index in [1.54, 1.807) is 11.8 Å². The fraction of sp³-hybridized carbons (Fsp3) is 0.400. The van der Waals surface area contributed by atoms with E-state index >= 15 is 0 Å². The van der Waals surface area contributed by atoms with Gasteiger partial charge in [0.2, 0.25) is 0 Å². The molecule has 0 aliphatic rings.